The van der Waals surface area contributed by atoms with E-state index in [2.05, 4.69) is 23.8 Å². The molecule has 5 atom stereocenters. The summed E-state index contributed by atoms with van der Waals surface area (Å²) in [5, 5.41) is 10.3. The zero-order chi connectivity index (χ0) is 11.7. The fourth-order valence-corrected chi connectivity index (χ4v) is 2.52. The topological polar surface area (TPSA) is 55.2 Å². The number of aliphatic hydroxyl groups excluding tert-OH is 1. The third-order valence-electron chi connectivity index (χ3n) is 3.61. The Morgan fingerprint density at radius 1 is 1.19 bits per heavy atom. The van der Waals surface area contributed by atoms with E-state index in [1.807, 2.05) is 6.92 Å². The molecule has 0 bridgehead atoms. The Morgan fingerprint density at radius 2 is 1.81 bits per heavy atom. The van der Waals surface area contributed by atoms with Gasteiger partial charge < -0.3 is 9.84 Å². The predicted molar refractivity (Wildman–Crippen MR) is 59.7 cm³/mol. The first kappa shape index (κ1) is 11.5. The van der Waals surface area contributed by atoms with E-state index in [4.69, 9.17) is 4.74 Å². The first-order valence-electron chi connectivity index (χ1n) is 5.69. The molecule has 1 fully saturated rings. The third kappa shape index (κ3) is 1.95. The van der Waals surface area contributed by atoms with Crippen molar-refractivity contribution in [3.63, 3.8) is 0 Å². The molecule has 5 unspecified atom stereocenters. The Balaban J connectivity index is 2.19. The Labute approximate surface area is 95.7 Å². The molecule has 1 aliphatic rings. The quantitative estimate of drug-likeness (QED) is 0.825. The molecule has 2 heterocycles. The van der Waals surface area contributed by atoms with E-state index in [0.29, 0.717) is 5.92 Å². The molecule has 4 heteroatoms. The normalized spacial score (nSPS) is 36.2. The van der Waals surface area contributed by atoms with Crippen LogP contribution in [-0.2, 0) is 4.74 Å². The molecule has 1 aromatic rings. The van der Waals surface area contributed by atoms with Crippen LogP contribution in [0.5, 0.6) is 0 Å². The van der Waals surface area contributed by atoms with Gasteiger partial charge in [0.05, 0.1) is 18.3 Å². The summed E-state index contributed by atoms with van der Waals surface area (Å²) >= 11 is 0. The van der Waals surface area contributed by atoms with Crippen LogP contribution in [0.4, 0.5) is 0 Å². The minimum absolute atomic E-state index is 0.0696. The van der Waals surface area contributed by atoms with Crippen LogP contribution in [0, 0.1) is 11.8 Å². The highest BCUT2D eigenvalue weighted by Crippen LogP contribution is 2.39. The van der Waals surface area contributed by atoms with E-state index in [0.717, 1.165) is 5.56 Å². The van der Waals surface area contributed by atoms with E-state index in [-0.39, 0.29) is 18.1 Å². The maximum Gasteiger partial charge on any atom is 0.115 e. The molecule has 16 heavy (non-hydrogen) atoms. The largest absolute Gasteiger partial charge is 0.388 e. The molecule has 1 aliphatic heterocycles. The van der Waals surface area contributed by atoms with Gasteiger partial charge in [-0.15, -0.1) is 0 Å². The average Bonchev–Trinajstić information content (AvgIpc) is 2.54. The van der Waals surface area contributed by atoms with Gasteiger partial charge in [-0.3, -0.25) is 0 Å². The van der Waals surface area contributed by atoms with E-state index in [9.17, 15) is 5.11 Å². The fourth-order valence-electron chi connectivity index (χ4n) is 2.52. The second-order valence-corrected chi connectivity index (χ2v) is 4.60. The van der Waals surface area contributed by atoms with Crippen molar-refractivity contribution in [3.8, 4) is 0 Å². The SMILES string of the molecule is CC1OC(C)C(C(O)c2cncnc2)C1C. The van der Waals surface area contributed by atoms with Gasteiger partial charge in [0.25, 0.3) is 0 Å². The van der Waals surface area contributed by atoms with Crippen LogP contribution in [0.1, 0.15) is 32.4 Å². The summed E-state index contributed by atoms with van der Waals surface area (Å²) in [4.78, 5) is 7.87. The predicted octanol–water partition coefficient (Wildman–Crippen LogP) is 1.57. The zero-order valence-electron chi connectivity index (χ0n) is 9.87. The molecule has 88 valence electrons. The summed E-state index contributed by atoms with van der Waals surface area (Å²) in [5.41, 5.74) is 0.768. The van der Waals surface area contributed by atoms with Gasteiger partial charge in [0.15, 0.2) is 0 Å². The third-order valence-corrected chi connectivity index (χ3v) is 3.61. The lowest BCUT2D eigenvalue weighted by Gasteiger charge is -2.24. The van der Waals surface area contributed by atoms with Crippen LogP contribution >= 0.6 is 0 Å². The van der Waals surface area contributed by atoms with E-state index in [1.54, 1.807) is 12.4 Å². The molecule has 1 N–H and O–H groups in total. The van der Waals surface area contributed by atoms with Gasteiger partial charge in [-0.25, -0.2) is 9.97 Å². The van der Waals surface area contributed by atoms with Gasteiger partial charge in [-0.2, -0.15) is 0 Å². The monoisotopic (exact) mass is 222 g/mol. The standard InChI is InChI=1S/C12H18N2O2/c1-7-8(2)16-9(3)11(7)12(15)10-4-13-6-14-5-10/h4-9,11-12,15H,1-3H3. The van der Waals surface area contributed by atoms with Gasteiger partial charge in [0, 0.05) is 23.9 Å². The maximum absolute atomic E-state index is 10.3. The first-order chi connectivity index (χ1) is 7.61. The summed E-state index contributed by atoms with van der Waals surface area (Å²) in [5.74, 6) is 0.450. The molecule has 0 spiro atoms. The summed E-state index contributed by atoms with van der Waals surface area (Å²) in [7, 11) is 0. The molecule has 0 saturated carbocycles. The Morgan fingerprint density at radius 3 is 2.31 bits per heavy atom. The summed E-state index contributed by atoms with van der Waals surface area (Å²) in [6.07, 6.45) is 4.52. The highest BCUT2D eigenvalue weighted by atomic mass is 16.5. The molecule has 0 amide bonds. The van der Waals surface area contributed by atoms with E-state index >= 15 is 0 Å². The number of hydrogen-bond donors (Lipinski definition) is 1. The van der Waals surface area contributed by atoms with E-state index in [1.165, 1.54) is 6.33 Å². The van der Waals surface area contributed by atoms with Crippen molar-refractivity contribution < 1.29 is 9.84 Å². The number of aliphatic hydroxyl groups is 1. The van der Waals surface area contributed by atoms with Gasteiger partial charge in [0.1, 0.15) is 6.33 Å². The van der Waals surface area contributed by atoms with Crippen molar-refractivity contribution in [1.82, 2.24) is 9.97 Å². The summed E-state index contributed by atoms with van der Waals surface area (Å²) in [6, 6.07) is 0. The van der Waals surface area contributed by atoms with E-state index < -0.39 is 6.10 Å². The number of ether oxygens (including phenoxy) is 1. The second-order valence-electron chi connectivity index (χ2n) is 4.60. The Kier molecular flexibility index (Phi) is 3.21. The minimum atomic E-state index is -0.545. The van der Waals surface area contributed by atoms with Crippen molar-refractivity contribution in [2.24, 2.45) is 11.8 Å². The molecule has 0 radical (unpaired) electrons. The Bertz CT molecular complexity index is 344. The smallest absolute Gasteiger partial charge is 0.115 e. The van der Waals surface area contributed by atoms with Crippen LogP contribution in [0.25, 0.3) is 0 Å². The number of hydrogen-bond acceptors (Lipinski definition) is 4. The lowest BCUT2D eigenvalue weighted by molar-refractivity contribution is 0.0229. The molecular weight excluding hydrogens is 204 g/mol. The average molecular weight is 222 g/mol. The molecule has 4 nitrogen and oxygen atoms in total. The van der Waals surface area contributed by atoms with Gasteiger partial charge in [-0.1, -0.05) is 6.92 Å². The lowest BCUT2D eigenvalue weighted by Crippen LogP contribution is -2.25. The number of aromatic nitrogens is 2. The molecule has 0 aromatic carbocycles. The van der Waals surface area contributed by atoms with Crippen LogP contribution in [0.15, 0.2) is 18.7 Å². The first-order valence-corrected chi connectivity index (χ1v) is 5.69. The minimum Gasteiger partial charge on any atom is -0.388 e. The van der Waals surface area contributed by atoms with Gasteiger partial charge in [-0.05, 0) is 19.8 Å². The molecular formula is C12H18N2O2. The van der Waals surface area contributed by atoms with Crippen molar-refractivity contribution in [1.29, 1.82) is 0 Å². The maximum atomic E-state index is 10.3. The lowest BCUT2D eigenvalue weighted by atomic mass is 9.83. The van der Waals surface area contributed by atoms with Crippen LogP contribution in [0.2, 0.25) is 0 Å². The molecule has 2 rings (SSSR count). The van der Waals surface area contributed by atoms with Crippen LogP contribution < -0.4 is 0 Å². The summed E-state index contributed by atoms with van der Waals surface area (Å²) < 4.78 is 5.73. The molecule has 1 saturated heterocycles. The van der Waals surface area contributed by atoms with Gasteiger partial charge in [0.2, 0.25) is 0 Å². The second kappa shape index (κ2) is 4.47. The van der Waals surface area contributed by atoms with Crippen molar-refractivity contribution in [3.05, 3.63) is 24.3 Å². The van der Waals surface area contributed by atoms with Crippen molar-refractivity contribution in [2.75, 3.05) is 0 Å². The number of nitrogens with zero attached hydrogens (tertiary/aromatic N) is 2. The highest BCUT2D eigenvalue weighted by Gasteiger charge is 2.41. The highest BCUT2D eigenvalue weighted by molar-refractivity contribution is 5.10. The summed E-state index contributed by atoms with van der Waals surface area (Å²) in [6.45, 7) is 6.18. The molecule has 1 aromatic heterocycles. The fraction of sp³-hybridized carbons (Fsp3) is 0.667. The van der Waals surface area contributed by atoms with Crippen LogP contribution in [-0.4, -0.2) is 27.3 Å². The Hall–Kier alpha value is -1.00. The van der Waals surface area contributed by atoms with Gasteiger partial charge >= 0.3 is 0 Å². The van der Waals surface area contributed by atoms with Crippen LogP contribution in [0.3, 0.4) is 0 Å². The molecule has 0 aliphatic carbocycles. The van der Waals surface area contributed by atoms with Crippen molar-refractivity contribution >= 4 is 0 Å². The number of rotatable bonds is 2. The van der Waals surface area contributed by atoms with Crippen molar-refractivity contribution in [2.45, 2.75) is 39.1 Å². The zero-order valence-corrected chi connectivity index (χ0v) is 9.87.